The van der Waals surface area contributed by atoms with Crippen LogP contribution in [0.25, 0.3) is 10.6 Å². The first kappa shape index (κ1) is 19.7. The standard InChI is InChI=1S/C21H24N2O2S2/c1-4-7-17-10-12-18(13-11-17)27(24,25)22-14-20-16(3)23-21(26-20)19-9-6-5-8-15(19)2/h5-6,8-13,22H,4,7,14H2,1-3H3. The summed E-state index contributed by atoms with van der Waals surface area (Å²) in [5, 5.41) is 0.920. The Labute approximate surface area is 165 Å². The Kier molecular flexibility index (Phi) is 6.09. The minimum Gasteiger partial charge on any atom is -0.241 e. The van der Waals surface area contributed by atoms with E-state index in [-0.39, 0.29) is 6.54 Å². The van der Waals surface area contributed by atoms with Crippen LogP contribution < -0.4 is 4.72 Å². The molecule has 6 heteroatoms. The summed E-state index contributed by atoms with van der Waals surface area (Å²) in [6, 6.07) is 15.2. The molecule has 1 aromatic heterocycles. The van der Waals surface area contributed by atoms with Crippen molar-refractivity contribution in [1.82, 2.24) is 9.71 Å². The van der Waals surface area contributed by atoms with Gasteiger partial charge in [0.05, 0.1) is 10.6 Å². The van der Waals surface area contributed by atoms with E-state index in [4.69, 9.17) is 0 Å². The average Bonchev–Trinajstić information content (AvgIpc) is 3.02. The van der Waals surface area contributed by atoms with Crippen molar-refractivity contribution in [2.45, 2.75) is 45.1 Å². The fourth-order valence-electron chi connectivity index (χ4n) is 2.89. The van der Waals surface area contributed by atoms with Crippen LogP contribution in [-0.2, 0) is 23.0 Å². The molecule has 0 aliphatic rings. The van der Waals surface area contributed by atoms with Gasteiger partial charge in [-0.15, -0.1) is 11.3 Å². The SMILES string of the molecule is CCCc1ccc(S(=O)(=O)NCc2sc(-c3ccccc3C)nc2C)cc1. The number of benzene rings is 2. The van der Waals surface area contributed by atoms with Gasteiger partial charge in [0.1, 0.15) is 5.01 Å². The molecular formula is C21H24N2O2S2. The first-order chi connectivity index (χ1) is 12.9. The highest BCUT2D eigenvalue weighted by Crippen LogP contribution is 2.30. The van der Waals surface area contributed by atoms with Gasteiger partial charge in [0, 0.05) is 17.0 Å². The predicted octanol–water partition coefficient (Wildman–Crippen LogP) is 4.86. The van der Waals surface area contributed by atoms with Gasteiger partial charge in [0.25, 0.3) is 0 Å². The third-order valence-corrected chi connectivity index (χ3v) is 7.07. The maximum atomic E-state index is 12.6. The van der Waals surface area contributed by atoms with Crippen molar-refractivity contribution in [3.05, 3.63) is 70.2 Å². The fourth-order valence-corrected chi connectivity index (χ4v) is 5.07. The molecule has 3 aromatic rings. The second-order valence-electron chi connectivity index (χ2n) is 6.56. The van der Waals surface area contributed by atoms with Gasteiger partial charge >= 0.3 is 0 Å². The molecule has 3 rings (SSSR count). The second-order valence-corrected chi connectivity index (χ2v) is 9.41. The highest BCUT2D eigenvalue weighted by molar-refractivity contribution is 7.89. The first-order valence-electron chi connectivity index (χ1n) is 9.01. The van der Waals surface area contributed by atoms with E-state index in [1.54, 1.807) is 12.1 Å². The van der Waals surface area contributed by atoms with Gasteiger partial charge in [-0.05, 0) is 43.5 Å². The van der Waals surface area contributed by atoms with Gasteiger partial charge < -0.3 is 0 Å². The molecule has 0 spiro atoms. The normalized spacial score (nSPS) is 11.7. The van der Waals surface area contributed by atoms with Crippen LogP contribution in [0.1, 0.15) is 35.0 Å². The van der Waals surface area contributed by atoms with Crippen molar-refractivity contribution < 1.29 is 8.42 Å². The highest BCUT2D eigenvalue weighted by Gasteiger charge is 2.16. The molecule has 0 fully saturated rings. The third-order valence-electron chi connectivity index (χ3n) is 4.46. The predicted molar refractivity (Wildman–Crippen MR) is 111 cm³/mol. The van der Waals surface area contributed by atoms with Crippen LogP contribution in [0.3, 0.4) is 0 Å². The number of hydrogen-bond acceptors (Lipinski definition) is 4. The van der Waals surface area contributed by atoms with Crippen molar-refractivity contribution in [3.63, 3.8) is 0 Å². The number of hydrogen-bond donors (Lipinski definition) is 1. The Morgan fingerprint density at radius 1 is 1.04 bits per heavy atom. The van der Waals surface area contributed by atoms with Crippen LogP contribution in [0.5, 0.6) is 0 Å². The third kappa shape index (κ3) is 4.64. The molecule has 0 aliphatic heterocycles. The Morgan fingerprint density at radius 2 is 1.74 bits per heavy atom. The molecule has 0 amide bonds. The summed E-state index contributed by atoms with van der Waals surface area (Å²) < 4.78 is 27.9. The van der Waals surface area contributed by atoms with Gasteiger partial charge in [-0.25, -0.2) is 18.1 Å². The highest BCUT2D eigenvalue weighted by atomic mass is 32.2. The summed E-state index contributed by atoms with van der Waals surface area (Å²) in [4.78, 5) is 5.86. The molecule has 0 unspecified atom stereocenters. The summed E-state index contributed by atoms with van der Waals surface area (Å²) >= 11 is 1.53. The number of nitrogens with zero attached hydrogens (tertiary/aromatic N) is 1. The van der Waals surface area contributed by atoms with Crippen LogP contribution in [-0.4, -0.2) is 13.4 Å². The van der Waals surface area contributed by atoms with E-state index in [0.29, 0.717) is 4.90 Å². The zero-order chi connectivity index (χ0) is 19.4. The molecule has 142 valence electrons. The number of aryl methyl sites for hydroxylation is 3. The monoisotopic (exact) mass is 400 g/mol. The van der Waals surface area contributed by atoms with Crippen molar-refractivity contribution in [2.75, 3.05) is 0 Å². The number of nitrogens with one attached hydrogen (secondary N) is 1. The average molecular weight is 401 g/mol. The Hall–Kier alpha value is -2.02. The molecular weight excluding hydrogens is 376 g/mol. The lowest BCUT2D eigenvalue weighted by atomic mass is 10.1. The zero-order valence-electron chi connectivity index (χ0n) is 15.8. The summed E-state index contributed by atoms with van der Waals surface area (Å²) in [5.74, 6) is 0. The van der Waals surface area contributed by atoms with Crippen molar-refractivity contribution in [2.24, 2.45) is 0 Å². The van der Waals surface area contributed by atoms with E-state index in [1.165, 1.54) is 11.3 Å². The molecule has 0 saturated carbocycles. The minimum atomic E-state index is -3.54. The maximum absolute atomic E-state index is 12.6. The largest absolute Gasteiger partial charge is 0.241 e. The first-order valence-corrected chi connectivity index (χ1v) is 11.3. The van der Waals surface area contributed by atoms with E-state index in [0.717, 1.165) is 45.1 Å². The summed E-state index contributed by atoms with van der Waals surface area (Å²) in [7, 11) is -3.54. The van der Waals surface area contributed by atoms with Crippen molar-refractivity contribution >= 4 is 21.4 Å². The summed E-state index contributed by atoms with van der Waals surface area (Å²) in [6.45, 7) is 6.32. The molecule has 2 aromatic carbocycles. The van der Waals surface area contributed by atoms with Gasteiger partial charge in [-0.2, -0.15) is 0 Å². The van der Waals surface area contributed by atoms with E-state index in [2.05, 4.69) is 29.6 Å². The van der Waals surface area contributed by atoms with E-state index in [9.17, 15) is 8.42 Å². The smallest absolute Gasteiger partial charge is 0.240 e. The zero-order valence-corrected chi connectivity index (χ0v) is 17.5. The number of rotatable bonds is 7. The van der Waals surface area contributed by atoms with Crippen LogP contribution >= 0.6 is 11.3 Å². The molecule has 4 nitrogen and oxygen atoms in total. The summed E-state index contributed by atoms with van der Waals surface area (Å²) in [5.41, 5.74) is 4.26. The maximum Gasteiger partial charge on any atom is 0.240 e. The second kappa shape index (κ2) is 8.33. The van der Waals surface area contributed by atoms with Crippen LogP contribution in [0.4, 0.5) is 0 Å². The number of sulfonamides is 1. The molecule has 0 atom stereocenters. The Balaban J connectivity index is 1.75. The molecule has 0 saturated heterocycles. The topological polar surface area (TPSA) is 59.1 Å². The quantitative estimate of drug-likeness (QED) is 0.616. The molecule has 1 N–H and O–H groups in total. The molecule has 0 bridgehead atoms. The van der Waals surface area contributed by atoms with Crippen LogP contribution in [0, 0.1) is 13.8 Å². The van der Waals surface area contributed by atoms with Gasteiger partial charge in [0.15, 0.2) is 0 Å². The summed E-state index contributed by atoms with van der Waals surface area (Å²) in [6.07, 6.45) is 1.99. The van der Waals surface area contributed by atoms with E-state index in [1.807, 2.05) is 37.3 Å². The van der Waals surface area contributed by atoms with Crippen molar-refractivity contribution in [1.29, 1.82) is 0 Å². The van der Waals surface area contributed by atoms with Crippen LogP contribution in [0.2, 0.25) is 0 Å². The van der Waals surface area contributed by atoms with Gasteiger partial charge in [-0.1, -0.05) is 49.7 Å². The van der Waals surface area contributed by atoms with Crippen molar-refractivity contribution in [3.8, 4) is 10.6 Å². The molecule has 27 heavy (non-hydrogen) atoms. The Bertz CT molecular complexity index is 1020. The minimum absolute atomic E-state index is 0.244. The van der Waals surface area contributed by atoms with Gasteiger partial charge in [-0.3, -0.25) is 0 Å². The van der Waals surface area contributed by atoms with E-state index < -0.39 is 10.0 Å². The Morgan fingerprint density at radius 3 is 2.41 bits per heavy atom. The van der Waals surface area contributed by atoms with Gasteiger partial charge in [0.2, 0.25) is 10.0 Å². The molecule has 1 heterocycles. The molecule has 0 radical (unpaired) electrons. The lowest BCUT2D eigenvalue weighted by Gasteiger charge is -2.07. The number of aromatic nitrogens is 1. The number of thiazole rings is 1. The lowest BCUT2D eigenvalue weighted by Crippen LogP contribution is -2.23. The van der Waals surface area contributed by atoms with E-state index >= 15 is 0 Å². The fraction of sp³-hybridized carbons (Fsp3) is 0.286. The van der Waals surface area contributed by atoms with Crippen LogP contribution in [0.15, 0.2) is 53.4 Å². The lowest BCUT2D eigenvalue weighted by molar-refractivity contribution is 0.581. The molecule has 0 aliphatic carbocycles.